The number of nitrogens with zero attached hydrogens (tertiary/aromatic N) is 2. The molecule has 4 heterocycles. The third-order valence-electron chi connectivity index (χ3n) is 6.62. The molecule has 1 N–H and O–H groups in total. The Bertz CT molecular complexity index is 1240. The van der Waals surface area contributed by atoms with E-state index in [0.717, 1.165) is 27.7 Å². The van der Waals surface area contributed by atoms with Crippen molar-refractivity contribution in [2.75, 3.05) is 33.6 Å². The minimum absolute atomic E-state index is 0.0386. The Morgan fingerprint density at radius 1 is 1.12 bits per heavy atom. The van der Waals surface area contributed by atoms with Gasteiger partial charge in [0.25, 0.3) is 0 Å². The predicted octanol–water partition coefficient (Wildman–Crippen LogP) is 2.23. The molecular weight excluding hydrogens is 410 g/mol. The first kappa shape index (κ1) is 19.2. The molecule has 3 aromatic rings. The molecule has 0 unspecified atom stereocenters. The maximum absolute atomic E-state index is 13.5. The van der Waals surface area contributed by atoms with Crippen molar-refractivity contribution in [1.82, 2.24) is 14.8 Å². The van der Waals surface area contributed by atoms with Crippen LogP contribution in [-0.2, 0) is 20.7 Å². The lowest BCUT2D eigenvalue weighted by Gasteiger charge is -2.47. The van der Waals surface area contributed by atoms with E-state index in [2.05, 4.69) is 11.1 Å². The molecule has 0 saturated carbocycles. The van der Waals surface area contributed by atoms with Crippen LogP contribution in [0.2, 0.25) is 0 Å². The van der Waals surface area contributed by atoms with Crippen LogP contribution in [0, 0.1) is 0 Å². The van der Waals surface area contributed by atoms with Gasteiger partial charge in [0.2, 0.25) is 18.6 Å². The summed E-state index contributed by atoms with van der Waals surface area (Å²) in [4.78, 5) is 33.8. The van der Waals surface area contributed by atoms with Crippen LogP contribution in [0.1, 0.15) is 22.9 Å². The number of H-pyrrole nitrogens is 1. The number of piperazine rings is 1. The van der Waals surface area contributed by atoms with E-state index >= 15 is 0 Å². The molecule has 1 fully saturated rings. The smallest absolute Gasteiger partial charge is 0.246 e. The molecule has 8 heteroatoms. The molecule has 32 heavy (non-hydrogen) atoms. The first-order valence-corrected chi connectivity index (χ1v) is 10.7. The summed E-state index contributed by atoms with van der Waals surface area (Å²) in [5.41, 5.74) is 3.92. The fourth-order valence-corrected chi connectivity index (χ4v) is 5.14. The van der Waals surface area contributed by atoms with Crippen molar-refractivity contribution in [3.8, 4) is 11.5 Å². The Hall–Kier alpha value is -3.52. The molecule has 2 aromatic carbocycles. The number of hydrogen-bond donors (Lipinski definition) is 1. The number of nitrogens with one attached hydrogen (secondary N) is 1. The molecule has 3 aliphatic rings. The number of benzene rings is 2. The van der Waals surface area contributed by atoms with Gasteiger partial charge in [0.05, 0.1) is 19.2 Å². The molecule has 0 aliphatic carbocycles. The van der Waals surface area contributed by atoms with Gasteiger partial charge in [0.1, 0.15) is 6.04 Å². The van der Waals surface area contributed by atoms with Crippen molar-refractivity contribution in [2.45, 2.75) is 18.5 Å². The third kappa shape index (κ3) is 2.79. The van der Waals surface area contributed by atoms with Crippen molar-refractivity contribution in [3.05, 3.63) is 59.3 Å². The van der Waals surface area contributed by atoms with Gasteiger partial charge in [-0.2, -0.15) is 0 Å². The number of hydrogen-bond acceptors (Lipinski definition) is 5. The number of aromatic nitrogens is 1. The summed E-state index contributed by atoms with van der Waals surface area (Å²) >= 11 is 0. The molecule has 2 amide bonds. The standard InChI is InChI=1S/C24H23N3O5/c1-30-9-8-26-12-21(28)27-18(24(26)29)11-16-15-4-2-3-5-17(15)25-22(16)23(27)14-6-7-19-20(10-14)32-13-31-19/h2-7,10,18,23,25H,8-9,11-13H2,1H3/t18-,23-/m1/s1. The number of para-hydroxylation sites is 1. The maximum atomic E-state index is 13.5. The van der Waals surface area contributed by atoms with E-state index in [0.29, 0.717) is 31.1 Å². The fourth-order valence-electron chi connectivity index (χ4n) is 5.14. The van der Waals surface area contributed by atoms with Gasteiger partial charge in [-0.05, 0) is 29.3 Å². The number of amides is 2. The zero-order valence-electron chi connectivity index (χ0n) is 17.7. The van der Waals surface area contributed by atoms with Crippen LogP contribution in [0.25, 0.3) is 10.9 Å². The molecule has 8 nitrogen and oxygen atoms in total. The molecule has 1 saturated heterocycles. The van der Waals surface area contributed by atoms with Crippen LogP contribution >= 0.6 is 0 Å². The molecule has 0 radical (unpaired) electrons. The number of rotatable bonds is 4. The summed E-state index contributed by atoms with van der Waals surface area (Å²) in [5, 5.41) is 1.09. The van der Waals surface area contributed by atoms with E-state index in [9.17, 15) is 9.59 Å². The Morgan fingerprint density at radius 2 is 1.97 bits per heavy atom. The Balaban J connectivity index is 1.51. The number of aromatic amines is 1. The number of methoxy groups -OCH3 is 1. The zero-order chi connectivity index (χ0) is 21.8. The van der Waals surface area contributed by atoms with E-state index in [-0.39, 0.29) is 25.2 Å². The quantitative estimate of drug-likeness (QED) is 0.682. The second-order valence-corrected chi connectivity index (χ2v) is 8.35. The largest absolute Gasteiger partial charge is 0.454 e. The number of carbonyl (C=O) groups excluding carboxylic acids is 2. The van der Waals surface area contributed by atoms with Crippen LogP contribution in [0.3, 0.4) is 0 Å². The maximum Gasteiger partial charge on any atom is 0.246 e. The molecular formula is C24H23N3O5. The van der Waals surface area contributed by atoms with Crippen molar-refractivity contribution < 1.29 is 23.8 Å². The monoisotopic (exact) mass is 433 g/mol. The van der Waals surface area contributed by atoms with Crippen molar-refractivity contribution in [2.24, 2.45) is 0 Å². The Kier molecular flexibility index (Phi) is 4.36. The lowest BCUT2D eigenvalue weighted by molar-refractivity contribution is -0.159. The average molecular weight is 433 g/mol. The molecule has 3 aliphatic heterocycles. The van der Waals surface area contributed by atoms with Crippen molar-refractivity contribution in [1.29, 1.82) is 0 Å². The first-order chi connectivity index (χ1) is 15.7. The number of ether oxygens (including phenoxy) is 3. The summed E-state index contributed by atoms with van der Waals surface area (Å²) in [6.07, 6.45) is 0.481. The molecule has 2 atom stereocenters. The fraction of sp³-hybridized carbons (Fsp3) is 0.333. The predicted molar refractivity (Wildman–Crippen MR) is 116 cm³/mol. The SMILES string of the molecule is COCCN1CC(=O)N2[C@H](c3ccc4c(c3)OCO4)c3[nH]c4ccccc4c3C[C@@H]2C1=O. The van der Waals surface area contributed by atoms with Gasteiger partial charge in [0, 0.05) is 36.7 Å². The summed E-state index contributed by atoms with van der Waals surface area (Å²) in [7, 11) is 1.59. The highest BCUT2D eigenvalue weighted by atomic mass is 16.7. The zero-order valence-corrected chi connectivity index (χ0v) is 17.7. The number of fused-ring (bicyclic) bond motifs is 5. The van der Waals surface area contributed by atoms with Gasteiger partial charge in [-0.25, -0.2) is 0 Å². The van der Waals surface area contributed by atoms with E-state index in [4.69, 9.17) is 14.2 Å². The second kappa shape index (κ2) is 7.27. The van der Waals surface area contributed by atoms with Gasteiger partial charge >= 0.3 is 0 Å². The Labute approximate surface area is 184 Å². The van der Waals surface area contributed by atoms with Crippen LogP contribution in [0.15, 0.2) is 42.5 Å². The van der Waals surface area contributed by atoms with Crippen molar-refractivity contribution in [3.63, 3.8) is 0 Å². The van der Waals surface area contributed by atoms with E-state index in [1.165, 1.54) is 0 Å². The highest BCUT2D eigenvalue weighted by Gasteiger charge is 2.48. The lowest BCUT2D eigenvalue weighted by Crippen LogP contribution is -2.63. The number of carbonyl (C=O) groups is 2. The second-order valence-electron chi connectivity index (χ2n) is 8.35. The highest BCUT2D eigenvalue weighted by molar-refractivity contribution is 5.97. The summed E-state index contributed by atoms with van der Waals surface area (Å²) in [6.45, 7) is 1.03. The highest BCUT2D eigenvalue weighted by Crippen LogP contribution is 2.44. The van der Waals surface area contributed by atoms with Gasteiger partial charge < -0.3 is 29.0 Å². The van der Waals surface area contributed by atoms with Crippen LogP contribution in [0.4, 0.5) is 0 Å². The molecule has 0 bridgehead atoms. The van der Waals surface area contributed by atoms with Crippen LogP contribution < -0.4 is 9.47 Å². The van der Waals surface area contributed by atoms with Gasteiger partial charge in [-0.15, -0.1) is 0 Å². The summed E-state index contributed by atoms with van der Waals surface area (Å²) in [6, 6.07) is 12.8. The average Bonchev–Trinajstić information content (AvgIpc) is 3.43. The minimum atomic E-state index is -0.560. The summed E-state index contributed by atoms with van der Waals surface area (Å²) in [5.74, 6) is 1.23. The topological polar surface area (TPSA) is 84.1 Å². The van der Waals surface area contributed by atoms with Gasteiger partial charge in [-0.1, -0.05) is 24.3 Å². The first-order valence-electron chi connectivity index (χ1n) is 10.7. The van der Waals surface area contributed by atoms with E-state index in [1.807, 2.05) is 36.4 Å². The van der Waals surface area contributed by atoms with E-state index in [1.54, 1.807) is 16.9 Å². The van der Waals surface area contributed by atoms with Crippen LogP contribution in [-0.4, -0.2) is 66.2 Å². The Morgan fingerprint density at radius 3 is 2.84 bits per heavy atom. The van der Waals surface area contributed by atoms with E-state index < -0.39 is 12.1 Å². The van der Waals surface area contributed by atoms with Gasteiger partial charge in [-0.3, -0.25) is 9.59 Å². The normalized spacial score (nSPS) is 21.8. The molecule has 0 spiro atoms. The minimum Gasteiger partial charge on any atom is -0.454 e. The van der Waals surface area contributed by atoms with Crippen LogP contribution in [0.5, 0.6) is 11.5 Å². The molecule has 164 valence electrons. The molecule has 1 aromatic heterocycles. The van der Waals surface area contributed by atoms with Gasteiger partial charge in [0.15, 0.2) is 11.5 Å². The third-order valence-corrected chi connectivity index (χ3v) is 6.62. The molecule has 6 rings (SSSR count). The van der Waals surface area contributed by atoms with Crippen molar-refractivity contribution >= 4 is 22.7 Å². The summed E-state index contributed by atoms with van der Waals surface area (Å²) < 4.78 is 16.2. The lowest BCUT2D eigenvalue weighted by atomic mass is 9.86.